The Hall–Kier alpha value is -2.30. The molecule has 1 heterocycles. The average Bonchev–Trinajstić information content (AvgIpc) is 2.83. The number of rotatable bonds is 4. The molecule has 0 saturated heterocycles. The van der Waals surface area contributed by atoms with Gasteiger partial charge in [-0.15, -0.1) is 0 Å². The molecule has 2 rings (SSSR count). The lowest BCUT2D eigenvalue weighted by Crippen LogP contribution is -2.23. The zero-order valence-electron chi connectivity index (χ0n) is 10.4. The number of aromatic nitrogens is 2. The van der Waals surface area contributed by atoms with Gasteiger partial charge in [0.05, 0.1) is 13.3 Å². The molecule has 18 heavy (non-hydrogen) atoms. The number of benzene rings is 1. The van der Waals surface area contributed by atoms with E-state index in [1.807, 2.05) is 31.2 Å². The Morgan fingerprint density at radius 2 is 2.11 bits per heavy atom. The van der Waals surface area contributed by atoms with Crippen LogP contribution < -0.4 is 10.1 Å². The molecule has 0 aliphatic carbocycles. The largest absolute Gasteiger partial charge is 0.497 e. The molecular weight excluding hydrogens is 230 g/mol. The van der Waals surface area contributed by atoms with Crippen LogP contribution in [0.5, 0.6) is 5.75 Å². The second-order valence-electron chi connectivity index (χ2n) is 3.96. The molecule has 0 saturated carbocycles. The molecule has 1 aromatic heterocycles. The Bertz CT molecular complexity index is 531. The highest BCUT2D eigenvalue weighted by Crippen LogP contribution is 2.11. The Kier molecular flexibility index (Phi) is 3.62. The second-order valence-corrected chi connectivity index (χ2v) is 3.96. The van der Waals surface area contributed by atoms with Crippen LogP contribution in [0, 0.1) is 6.92 Å². The van der Waals surface area contributed by atoms with Crippen molar-refractivity contribution in [3.05, 3.63) is 47.3 Å². The molecule has 0 fully saturated rings. The van der Waals surface area contributed by atoms with Crippen LogP contribution in [0.3, 0.4) is 0 Å². The molecule has 5 heteroatoms. The molecule has 1 aromatic carbocycles. The van der Waals surface area contributed by atoms with Crippen molar-refractivity contribution in [3.63, 3.8) is 0 Å². The first-order valence-corrected chi connectivity index (χ1v) is 5.62. The molecule has 2 N–H and O–H groups in total. The van der Waals surface area contributed by atoms with Gasteiger partial charge >= 0.3 is 0 Å². The third-order valence-electron chi connectivity index (χ3n) is 2.67. The summed E-state index contributed by atoms with van der Waals surface area (Å²) in [6.07, 6.45) is 1.63. The predicted molar refractivity (Wildman–Crippen MR) is 67.5 cm³/mol. The zero-order valence-corrected chi connectivity index (χ0v) is 10.4. The number of nitrogens with zero attached hydrogens (tertiary/aromatic N) is 1. The van der Waals surface area contributed by atoms with Crippen molar-refractivity contribution in [1.29, 1.82) is 0 Å². The van der Waals surface area contributed by atoms with Gasteiger partial charge in [0.2, 0.25) is 0 Å². The maximum absolute atomic E-state index is 11.8. The smallest absolute Gasteiger partial charge is 0.269 e. The van der Waals surface area contributed by atoms with Gasteiger partial charge in [-0.2, -0.15) is 5.10 Å². The summed E-state index contributed by atoms with van der Waals surface area (Å²) in [6, 6.07) is 7.56. The number of H-pyrrole nitrogens is 1. The van der Waals surface area contributed by atoms with Crippen molar-refractivity contribution < 1.29 is 9.53 Å². The van der Waals surface area contributed by atoms with E-state index >= 15 is 0 Å². The summed E-state index contributed by atoms with van der Waals surface area (Å²) in [5, 5.41) is 9.32. The molecule has 0 radical (unpaired) electrons. The first kappa shape index (κ1) is 12.2. The summed E-state index contributed by atoms with van der Waals surface area (Å²) in [6.45, 7) is 2.31. The molecule has 0 unspecified atom stereocenters. The van der Waals surface area contributed by atoms with E-state index in [2.05, 4.69) is 15.5 Å². The van der Waals surface area contributed by atoms with Crippen LogP contribution in [0.1, 0.15) is 21.6 Å². The van der Waals surface area contributed by atoms with E-state index in [9.17, 15) is 4.79 Å². The minimum atomic E-state index is -0.152. The van der Waals surface area contributed by atoms with Crippen LogP contribution in [0.15, 0.2) is 30.5 Å². The Balaban J connectivity index is 1.95. The van der Waals surface area contributed by atoms with Crippen molar-refractivity contribution in [1.82, 2.24) is 15.5 Å². The van der Waals surface area contributed by atoms with Crippen molar-refractivity contribution in [2.75, 3.05) is 7.11 Å². The number of carbonyl (C=O) groups is 1. The number of nitrogens with one attached hydrogen (secondary N) is 2. The number of carbonyl (C=O) groups excluding carboxylic acids is 1. The molecule has 0 aliphatic heterocycles. The monoisotopic (exact) mass is 245 g/mol. The summed E-state index contributed by atoms with van der Waals surface area (Å²) in [7, 11) is 1.62. The molecule has 94 valence electrons. The van der Waals surface area contributed by atoms with E-state index in [-0.39, 0.29) is 5.91 Å². The Morgan fingerprint density at radius 3 is 2.67 bits per heavy atom. The van der Waals surface area contributed by atoms with Gasteiger partial charge in [-0.3, -0.25) is 9.89 Å². The highest BCUT2D eigenvalue weighted by Gasteiger charge is 2.09. The van der Waals surface area contributed by atoms with E-state index in [0.717, 1.165) is 16.9 Å². The van der Waals surface area contributed by atoms with Crippen LogP contribution in [-0.4, -0.2) is 23.2 Å². The molecule has 0 spiro atoms. The summed E-state index contributed by atoms with van der Waals surface area (Å²) >= 11 is 0. The lowest BCUT2D eigenvalue weighted by molar-refractivity contribution is 0.0945. The zero-order chi connectivity index (χ0) is 13.0. The van der Waals surface area contributed by atoms with E-state index in [4.69, 9.17) is 4.74 Å². The minimum absolute atomic E-state index is 0.152. The van der Waals surface area contributed by atoms with Gasteiger partial charge in [-0.25, -0.2) is 0 Å². The standard InChI is InChI=1S/C13H15N3O2/c1-9-7-15-16-12(9)13(17)14-8-10-3-5-11(18-2)6-4-10/h3-7H,8H2,1-2H3,(H,14,17)(H,15,16). The first-order valence-electron chi connectivity index (χ1n) is 5.62. The third kappa shape index (κ3) is 2.68. The van der Waals surface area contributed by atoms with E-state index in [1.165, 1.54) is 0 Å². The van der Waals surface area contributed by atoms with Crippen LogP contribution in [0.25, 0.3) is 0 Å². The van der Waals surface area contributed by atoms with E-state index in [0.29, 0.717) is 12.2 Å². The lowest BCUT2D eigenvalue weighted by Gasteiger charge is -2.05. The second kappa shape index (κ2) is 5.35. The minimum Gasteiger partial charge on any atom is -0.497 e. The van der Waals surface area contributed by atoms with E-state index in [1.54, 1.807) is 13.3 Å². The topological polar surface area (TPSA) is 67.0 Å². The molecule has 5 nitrogen and oxygen atoms in total. The van der Waals surface area contributed by atoms with Crippen LogP contribution >= 0.6 is 0 Å². The molecule has 0 bridgehead atoms. The van der Waals surface area contributed by atoms with Crippen molar-refractivity contribution in [3.8, 4) is 5.75 Å². The highest BCUT2D eigenvalue weighted by molar-refractivity contribution is 5.93. The Labute approximate surface area is 105 Å². The molecular formula is C13H15N3O2. The quantitative estimate of drug-likeness (QED) is 0.860. The molecule has 0 atom stereocenters. The van der Waals surface area contributed by atoms with Gasteiger partial charge in [0, 0.05) is 6.54 Å². The Morgan fingerprint density at radius 1 is 1.39 bits per heavy atom. The fraction of sp³-hybridized carbons (Fsp3) is 0.231. The van der Waals surface area contributed by atoms with Gasteiger partial charge in [0.1, 0.15) is 11.4 Å². The van der Waals surface area contributed by atoms with Gasteiger partial charge in [0.15, 0.2) is 0 Å². The van der Waals surface area contributed by atoms with Crippen LogP contribution in [0.4, 0.5) is 0 Å². The van der Waals surface area contributed by atoms with Crippen LogP contribution in [-0.2, 0) is 6.54 Å². The van der Waals surface area contributed by atoms with Crippen molar-refractivity contribution in [2.45, 2.75) is 13.5 Å². The summed E-state index contributed by atoms with van der Waals surface area (Å²) in [5.74, 6) is 0.648. The third-order valence-corrected chi connectivity index (χ3v) is 2.67. The number of amides is 1. The summed E-state index contributed by atoms with van der Waals surface area (Å²) in [4.78, 5) is 11.8. The molecule has 2 aromatic rings. The number of aryl methyl sites for hydroxylation is 1. The lowest BCUT2D eigenvalue weighted by atomic mass is 10.2. The average molecular weight is 245 g/mol. The summed E-state index contributed by atoms with van der Waals surface area (Å²) in [5.41, 5.74) is 2.35. The van der Waals surface area contributed by atoms with Gasteiger partial charge < -0.3 is 10.1 Å². The van der Waals surface area contributed by atoms with Crippen molar-refractivity contribution >= 4 is 5.91 Å². The van der Waals surface area contributed by atoms with Crippen LogP contribution in [0.2, 0.25) is 0 Å². The van der Waals surface area contributed by atoms with E-state index < -0.39 is 0 Å². The highest BCUT2D eigenvalue weighted by atomic mass is 16.5. The number of hydrogen-bond donors (Lipinski definition) is 2. The molecule has 0 aliphatic rings. The number of ether oxygens (including phenoxy) is 1. The summed E-state index contributed by atoms with van der Waals surface area (Å²) < 4.78 is 5.07. The van der Waals surface area contributed by atoms with Gasteiger partial charge in [-0.05, 0) is 30.2 Å². The predicted octanol–water partition coefficient (Wildman–Crippen LogP) is 1.66. The first-order chi connectivity index (χ1) is 8.70. The number of aromatic amines is 1. The van der Waals surface area contributed by atoms with Gasteiger partial charge in [-0.1, -0.05) is 12.1 Å². The van der Waals surface area contributed by atoms with Crippen molar-refractivity contribution in [2.24, 2.45) is 0 Å². The number of methoxy groups -OCH3 is 1. The fourth-order valence-corrected chi connectivity index (χ4v) is 1.59. The maximum Gasteiger partial charge on any atom is 0.269 e. The fourth-order valence-electron chi connectivity index (χ4n) is 1.59. The maximum atomic E-state index is 11.8. The number of hydrogen-bond acceptors (Lipinski definition) is 3. The SMILES string of the molecule is COc1ccc(CNC(=O)c2[nH]ncc2C)cc1. The molecule has 1 amide bonds. The normalized spacial score (nSPS) is 10.1. The van der Waals surface area contributed by atoms with Gasteiger partial charge in [0.25, 0.3) is 5.91 Å².